The number of likely N-dealkylation sites (tertiary alicyclic amines) is 1. The molecule has 0 bridgehead atoms. The van der Waals surface area contributed by atoms with Crippen LogP contribution in [-0.2, 0) is 0 Å². The van der Waals surface area contributed by atoms with E-state index in [1.807, 2.05) is 60.4 Å². The van der Waals surface area contributed by atoms with Crippen molar-refractivity contribution >= 4 is 16.8 Å². The van der Waals surface area contributed by atoms with E-state index in [1.165, 1.54) is 0 Å². The third-order valence-corrected chi connectivity index (χ3v) is 5.53. The van der Waals surface area contributed by atoms with Crippen molar-refractivity contribution in [1.82, 2.24) is 20.0 Å². The van der Waals surface area contributed by atoms with Crippen molar-refractivity contribution in [3.05, 3.63) is 72.2 Å². The highest BCUT2D eigenvalue weighted by Crippen LogP contribution is 2.30. The molecule has 4 aromatic rings. The summed E-state index contributed by atoms with van der Waals surface area (Å²) in [6.45, 7) is 3.12. The number of ether oxygens (including phenoxy) is 1. The first-order valence-electron chi connectivity index (χ1n) is 10.4. The van der Waals surface area contributed by atoms with Gasteiger partial charge in [-0.1, -0.05) is 35.5 Å². The number of aromatic nitrogens is 3. The van der Waals surface area contributed by atoms with E-state index in [0.29, 0.717) is 36.1 Å². The Morgan fingerprint density at radius 1 is 1.10 bits per heavy atom. The second-order valence-electron chi connectivity index (χ2n) is 7.66. The van der Waals surface area contributed by atoms with Gasteiger partial charge in [0.25, 0.3) is 5.91 Å². The Morgan fingerprint density at radius 2 is 1.90 bits per heavy atom. The highest BCUT2D eigenvalue weighted by Gasteiger charge is 2.25. The van der Waals surface area contributed by atoms with E-state index < -0.39 is 0 Å². The quantitative estimate of drug-likeness (QED) is 0.496. The Morgan fingerprint density at radius 3 is 2.68 bits per heavy atom. The summed E-state index contributed by atoms with van der Waals surface area (Å²) in [5, 5.41) is 4.98. The van der Waals surface area contributed by atoms with Gasteiger partial charge in [0.2, 0.25) is 5.88 Å². The summed E-state index contributed by atoms with van der Waals surface area (Å²) >= 11 is 0. The number of carbonyl (C=O) groups excluding carboxylic acids is 1. The molecule has 0 unspecified atom stereocenters. The zero-order chi connectivity index (χ0) is 21.2. The van der Waals surface area contributed by atoms with Crippen molar-refractivity contribution in [2.24, 2.45) is 0 Å². The molecule has 156 valence electrons. The number of nitrogens with zero attached hydrogens (tertiary/aromatic N) is 4. The van der Waals surface area contributed by atoms with Crippen molar-refractivity contribution in [2.45, 2.75) is 25.9 Å². The van der Waals surface area contributed by atoms with E-state index in [0.717, 1.165) is 29.3 Å². The van der Waals surface area contributed by atoms with E-state index >= 15 is 0 Å². The maximum absolute atomic E-state index is 13.1. The van der Waals surface area contributed by atoms with E-state index in [4.69, 9.17) is 9.26 Å². The van der Waals surface area contributed by atoms with Crippen LogP contribution in [0.3, 0.4) is 0 Å². The molecule has 1 aliphatic rings. The van der Waals surface area contributed by atoms with E-state index in [2.05, 4.69) is 15.1 Å². The van der Waals surface area contributed by atoms with Crippen molar-refractivity contribution in [2.75, 3.05) is 13.1 Å². The number of benzene rings is 2. The van der Waals surface area contributed by atoms with Crippen LogP contribution in [0.1, 0.15) is 29.0 Å². The van der Waals surface area contributed by atoms with E-state index in [9.17, 15) is 4.79 Å². The Kier molecular flexibility index (Phi) is 5.08. The molecule has 0 spiro atoms. The maximum atomic E-state index is 13.1. The van der Waals surface area contributed by atoms with Gasteiger partial charge >= 0.3 is 0 Å². The van der Waals surface area contributed by atoms with Gasteiger partial charge in [0.15, 0.2) is 5.76 Å². The molecular formula is C24H22N4O3. The van der Waals surface area contributed by atoms with Gasteiger partial charge < -0.3 is 14.2 Å². The molecule has 0 N–H and O–H groups in total. The summed E-state index contributed by atoms with van der Waals surface area (Å²) in [7, 11) is 0. The van der Waals surface area contributed by atoms with Crippen molar-refractivity contribution in [1.29, 1.82) is 0 Å². The predicted molar refractivity (Wildman–Crippen MR) is 116 cm³/mol. The third-order valence-electron chi connectivity index (χ3n) is 5.53. The molecule has 0 radical (unpaired) electrons. The van der Waals surface area contributed by atoms with Crippen molar-refractivity contribution < 1.29 is 14.1 Å². The zero-order valence-corrected chi connectivity index (χ0v) is 17.2. The molecule has 5 rings (SSSR count). The van der Waals surface area contributed by atoms with Gasteiger partial charge in [0.05, 0.1) is 5.39 Å². The molecule has 0 atom stereocenters. The fourth-order valence-electron chi connectivity index (χ4n) is 3.90. The molecule has 7 heteroatoms. The number of piperidine rings is 1. The van der Waals surface area contributed by atoms with Crippen LogP contribution in [0.4, 0.5) is 0 Å². The summed E-state index contributed by atoms with van der Waals surface area (Å²) in [5.41, 5.74) is 2.31. The maximum Gasteiger partial charge on any atom is 0.253 e. The first-order valence-corrected chi connectivity index (χ1v) is 10.4. The molecular weight excluding hydrogens is 392 g/mol. The normalized spacial score (nSPS) is 14.7. The van der Waals surface area contributed by atoms with Crippen LogP contribution in [0.15, 0.2) is 65.3 Å². The second-order valence-corrected chi connectivity index (χ2v) is 7.66. The van der Waals surface area contributed by atoms with Crippen LogP contribution in [0.25, 0.3) is 22.2 Å². The van der Waals surface area contributed by atoms with Gasteiger partial charge in [-0.3, -0.25) is 4.79 Å². The van der Waals surface area contributed by atoms with Crippen LogP contribution in [0, 0.1) is 6.92 Å². The Bertz CT molecular complexity index is 1210. The number of aryl methyl sites for hydroxylation is 1. The SMILES string of the molecule is Cc1nccc(OC2CCN(C(=O)c3ccc4noc(-c5ccccc5)c4c3)CC2)n1. The van der Waals surface area contributed by atoms with E-state index in [-0.39, 0.29) is 12.0 Å². The molecule has 0 saturated carbocycles. The Hall–Kier alpha value is -3.74. The van der Waals surface area contributed by atoms with Crippen LogP contribution in [-0.4, -0.2) is 45.1 Å². The number of carbonyl (C=O) groups is 1. The van der Waals surface area contributed by atoms with Gasteiger partial charge in [-0.2, -0.15) is 4.98 Å². The molecule has 0 aliphatic carbocycles. The van der Waals surface area contributed by atoms with Crippen LogP contribution < -0.4 is 4.74 Å². The van der Waals surface area contributed by atoms with Gasteiger partial charge in [-0.25, -0.2) is 4.98 Å². The smallest absolute Gasteiger partial charge is 0.253 e. The Labute approximate surface area is 179 Å². The van der Waals surface area contributed by atoms with E-state index in [1.54, 1.807) is 12.3 Å². The molecule has 1 fully saturated rings. The minimum Gasteiger partial charge on any atom is -0.474 e. The minimum atomic E-state index is 0.0124. The summed E-state index contributed by atoms with van der Waals surface area (Å²) in [5.74, 6) is 1.96. The minimum absolute atomic E-state index is 0.0124. The van der Waals surface area contributed by atoms with Crippen LogP contribution in [0.5, 0.6) is 5.88 Å². The first kappa shape index (κ1) is 19.2. The van der Waals surface area contributed by atoms with Crippen LogP contribution in [0.2, 0.25) is 0 Å². The average Bonchev–Trinajstić information content (AvgIpc) is 3.23. The largest absolute Gasteiger partial charge is 0.474 e. The van der Waals surface area contributed by atoms with Gasteiger partial charge in [-0.05, 0) is 25.1 Å². The zero-order valence-electron chi connectivity index (χ0n) is 17.2. The molecule has 31 heavy (non-hydrogen) atoms. The van der Waals surface area contributed by atoms with Gasteiger partial charge in [-0.15, -0.1) is 0 Å². The lowest BCUT2D eigenvalue weighted by Crippen LogP contribution is -2.41. The lowest BCUT2D eigenvalue weighted by atomic mass is 10.0. The standard InChI is InChI=1S/C24H22N4O3/c1-16-25-12-9-22(26-16)30-19-10-13-28(14-11-19)24(29)18-7-8-21-20(15-18)23(31-27-21)17-5-3-2-4-6-17/h2-9,12,15,19H,10-11,13-14H2,1H3. The van der Waals surface area contributed by atoms with Crippen molar-refractivity contribution in [3.8, 4) is 17.2 Å². The van der Waals surface area contributed by atoms with Crippen molar-refractivity contribution in [3.63, 3.8) is 0 Å². The molecule has 1 amide bonds. The molecule has 7 nitrogen and oxygen atoms in total. The lowest BCUT2D eigenvalue weighted by molar-refractivity contribution is 0.0587. The Balaban J connectivity index is 1.29. The predicted octanol–water partition coefficient (Wildman–Crippen LogP) is 4.28. The fourth-order valence-corrected chi connectivity index (χ4v) is 3.90. The number of fused-ring (bicyclic) bond motifs is 1. The highest BCUT2D eigenvalue weighted by atomic mass is 16.5. The molecule has 3 heterocycles. The summed E-state index contributed by atoms with van der Waals surface area (Å²) in [6, 6.07) is 17.1. The molecule has 2 aromatic heterocycles. The highest BCUT2D eigenvalue weighted by molar-refractivity contribution is 6.01. The average molecular weight is 414 g/mol. The van der Waals surface area contributed by atoms with Gasteiger partial charge in [0, 0.05) is 49.3 Å². The second kappa shape index (κ2) is 8.18. The monoisotopic (exact) mass is 414 g/mol. The summed E-state index contributed by atoms with van der Waals surface area (Å²) in [4.78, 5) is 23.4. The number of amides is 1. The first-order chi connectivity index (χ1) is 15.2. The summed E-state index contributed by atoms with van der Waals surface area (Å²) < 4.78 is 11.5. The third kappa shape index (κ3) is 3.99. The number of rotatable bonds is 4. The topological polar surface area (TPSA) is 81.4 Å². The summed E-state index contributed by atoms with van der Waals surface area (Å²) in [6.07, 6.45) is 3.27. The molecule has 1 aliphatic heterocycles. The molecule has 1 saturated heterocycles. The van der Waals surface area contributed by atoms with Crippen LogP contribution >= 0.6 is 0 Å². The fraction of sp³-hybridized carbons (Fsp3) is 0.250. The number of hydrogen-bond acceptors (Lipinski definition) is 6. The molecule has 2 aromatic carbocycles. The number of hydrogen-bond donors (Lipinski definition) is 0. The lowest BCUT2D eigenvalue weighted by Gasteiger charge is -2.32. The van der Waals surface area contributed by atoms with Gasteiger partial charge in [0.1, 0.15) is 17.4 Å².